The number of likely N-dealkylation sites (tertiary alicyclic amines) is 1. The van der Waals surface area contributed by atoms with Crippen LogP contribution in [0.1, 0.15) is 38.2 Å². The highest BCUT2D eigenvalue weighted by Gasteiger charge is 2.44. The predicted octanol–water partition coefficient (Wildman–Crippen LogP) is 2.75. The molecule has 126 valence electrons. The molecule has 1 heterocycles. The summed E-state index contributed by atoms with van der Waals surface area (Å²) < 4.78 is 0. The topological polar surface area (TPSA) is 40.6 Å². The molecule has 0 radical (unpaired) electrons. The van der Waals surface area contributed by atoms with Gasteiger partial charge < -0.3 is 4.90 Å². The summed E-state index contributed by atoms with van der Waals surface area (Å²) in [5.41, 5.74) is 1.23. The maximum atomic E-state index is 12.7. The highest BCUT2D eigenvalue weighted by atomic mass is 16.2. The van der Waals surface area contributed by atoms with Crippen LogP contribution in [0.15, 0.2) is 30.3 Å². The largest absolute Gasteiger partial charge is 0.309 e. The molecule has 1 aromatic rings. The molecule has 2 rings (SSSR count). The van der Waals surface area contributed by atoms with E-state index in [1.807, 2.05) is 39.2 Å². The lowest BCUT2D eigenvalue weighted by atomic mass is 9.85. The van der Waals surface area contributed by atoms with Crippen LogP contribution in [0, 0.1) is 11.8 Å². The summed E-state index contributed by atoms with van der Waals surface area (Å²) in [7, 11) is 4.00. The van der Waals surface area contributed by atoms with Crippen molar-refractivity contribution in [1.82, 2.24) is 9.80 Å². The Morgan fingerprint density at radius 1 is 1.13 bits per heavy atom. The van der Waals surface area contributed by atoms with E-state index in [0.717, 1.165) is 19.4 Å². The van der Waals surface area contributed by atoms with E-state index in [-0.39, 0.29) is 29.6 Å². The van der Waals surface area contributed by atoms with Gasteiger partial charge in [0.25, 0.3) is 0 Å². The summed E-state index contributed by atoms with van der Waals surface area (Å²) >= 11 is 0. The second kappa shape index (κ2) is 7.73. The summed E-state index contributed by atoms with van der Waals surface area (Å²) in [4.78, 5) is 28.6. The van der Waals surface area contributed by atoms with Crippen LogP contribution in [0.4, 0.5) is 0 Å². The van der Waals surface area contributed by atoms with Gasteiger partial charge in [-0.05, 0) is 45.0 Å². The minimum atomic E-state index is -0.201. The van der Waals surface area contributed by atoms with E-state index in [9.17, 15) is 9.59 Å². The van der Waals surface area contributed by atoms with Gasteiger partial charge in [-0.3, -0.25) is 14.5 Å². The Bertz CT molecular complexity index is 542. The van der Waals surface area contributed by atoms with Gasteiger partial charge in [-0.15, -0.1) is 0 Å². The number of hydrogen-bond acceptors (Lipinski definition) is 3. The van der Waals surface area contributed by atoms with Crippen LogP contribution in [0.3, 0.4) is 0 Å². The zero-order valence-corrected chi connectivity index (χ0v) is 14.7. The zero-order chi connectivity index (χ0) is 17.0. The van der Waals surface area contributed by atoms with Crippen molar-refractivity contribution in [2.75, 3.05) is 27.2 Å². The third-order valence-electron chi connectivity index (χ3n) is 4.81. The summed E-state index contributed by atoms with van der Waals surface area (Å²) in [6, 6.07) is 10.2. The normalized spacial score (nSPS) is 22.9. The molecule has 1 fully saturated rings. The Labute approximate surface area is 139 Å². The molecular weight excluding hydrogens is 288 g/mol. The molecule has 1 aliphatic rings. The molecule has 2 amide bonds. The lowest BCUT2D eigenvalue weighted by Crippen LogP contribution is -2.33. The molecule has 0 aromatic heterocycles. The predicted molar refractivity (Wildman–Crippen MR) is 92.0 cm³/mol. The lowest BCUT2D eigenvalue weighted by Gasteiger charge is -2.18. The number of benzene rings is 1. The average molecular weight is 316 g/mol. The number of carbonyl (C=O) groups excluding carboxylic acids is 2. The highest BCUT2D eigenvalue weighted by Crippen LogP contribution is 2.34. The highest BCUT2D eigenvalue weighted by molar-refractivity contribution is 6.04. The van der Waals surface area contributed by atoms with Crippen molar-refractivity contribution in [2.24, 2.45) is 11.8 Å². The molecule has 3 unspecified atom stereocenters. The van der Waals surface area contributed by atoms with E-state index in [1.54, 1.807) is 0 Å². The molecule has 0 bridgehead atoms. The number of nitrogens with zero attached hydrogens (tertiary/aromatic N) is 2. The fourth-order valence-electron chi connectivity index (χ4n) is 3.31. The quantitative estimate of drug-likeness (QED) is 0.726. The second-order valence-corrected chi connectivity index (χ2v) is 6.93. The van der Waals surface area contributed by atoms with E-state index in [4.69, 9.17) is 0 Å². The van der Waals surface area contributed by atoms with Crippen LogP contribution in [-0.4, -0.2) is 48.8 Å². The summed E-state index contributed by atoms with van der Waals surface area (Å²) in [5.74, 6) is -0.0877. The third kappa shape index (κ3) is 4.20. The minimum absolute atomic E-state index is 0.000909. The molecule has 23 heavy (non-hydrogen) atoms. The van der Waals surface area contributed by atoms with Crippen molar-refractivity contribution in [2.45, 2.75) is 32.6 Å². The molecule has 1 aromatic carbocycles. The summed E-state index contributed by atoms with van der Waals surface area (Å²) in [6.45, 7) is 5.45. The maximum absolute atomic E-state index is 12.7. The van der Waals surface area contributed by atoms with Crippen LogP contribution in [0.25, 0.3) is 0 Å². The number of amides is 2. The van der Waals surface area contributed by atoms with Gasteiger partial charge in [0.05, 0.1) is 5.92 Å². The molecule has 3 atom stereocenters. The van der Waals surface area contributed by atoms with Crippen LogP contribution >= 0.6 is 0 Å². The Morgan fingerprint density at radius 3 is 2.39 bits per heavy atom. The molecule has 0 saturated carbocycles. The Kier molecular flexibility index (Phi) is 5.94. The summed E-state index contributed by atoms with van der Waals surface area (Å²) in [5, 5.41) is 0. The van der Waals surface area contributed by atoms with Crippen LogP contribution in [0.5, 0.6) is 0 Å². The van der Waals surface area contributed by atoms with Gasteiger partial charge in [0.1, 0.15) is 0 Å². The SMILES string of the molecule is CC(CC1C(=O)N(CCCN(C)C)C(=O)C1C)c1ccccc1. The minimum Gasteiger partial charge on any atom is -0.309 e. The van der Waals surface area contributed by atoms with Gasteiger partial charge in [0.2, 0.25) is 11.8 Å². The standard InChI is InChI=1S/C19H28N2O2/c1-14(16-9-6-5-7-10-16)13-17-15(2)18(22)21(19(17)23)12-8-11-20(3)4/h5-7,9-10,14-15,17H,8,11-13H2,1-4H3. The van der Waals surface area contributed by atoms with Crippen LogP contribution in [0.2, 0.25) is 0 Å². The van der Waals surface area contributed by atoms with Crippen molar-refractivity contribution < 1.29 is 9.59 Å². The molecular formula is C19H28N2O2. The summed E-state index contributed by atoms with van der Waals surface area (Å²) in [6.07, 6.45) is 1.57. The Balaban J connectivity index is 1.99. The molecule has 1 saturated heterocycles. The monoisotopic (exact) mass is 316 g/mol. The van der Waals surface area contributed by atoms with Crippen molar-refractivity contribution in [1.29, 1.82) is 0 Å². The van der Waals surface area contributed by atoms with Crippen LogP contribution < -0.4 is 0 Å². The zero-order valence-electron chi connectivity index (χ0n) is 14.7. The first-order valence-electron chi connectivity index (χ1n) is 8.46. The van der Waals surface area contributed by atoms with Gasteiger partial charge in [-0.25, -0.2) is 0 Å². The van der Waals surface area contributed by atoms with E-state index in [0.29, 0.717) is 6.54 Å². The number of carbonyl (C=O) groups is 2. The van der Waals surface area contributed by atoms with Crippen molar-refractivity contribution in [3.05, 3.63) is 35.9 Å². The van der Waals surface area contributed by atoms with E-state index in [2.05, 4.69) is 24.0 Å². The smallest absolute Gasteiger partial charge is 0.233 e. The van der Waals surface area contributed by atoms with E-state index >= 15 is 0 Å². The molecule has 0 N–H and O–H groups in total. The van der Waals surface area contributed by atoms with Gasteiger partial charge in [-0.1, -0.05) is 44.2 Å². The van der Waals surface area contributed by atoms with Crippen molar-refractivity contribution in [3.63, 3.8) is 0 Å². The molecule has 0 aliphatic carbocycles. The van der Waals surface area contributed by atoms with Gasteiger partial charge in [-0.2, -0.15) is 0 Å². The first-order chi connectivity index (χ1) is 10.9. The number of imide groups is 1. The first kappa shape index (κ1) is 17.7. The number of hydrogen-bond donors (Lipinski definition) is 0. The van der Waals surface area contributed by atoms with Crippen molar-refractivity contribution in [3.8, 4) is 0 Å². The second-order valence-electron chi connectivity index (χ2n) is 6.93. The Morgan fingerprint density at radius 2 is 1.78 bits per heavy atom. The molecule has 0 spiro atoms. The van der Waals surface area contributed by atoms with E-state index in [1.165, 1.54) is 10.5 Å². The number of rotatable bonds is 7. The van der Waals surface area contributed by atoms with E-state index < -0.39 is 0 Å². The third-order valence-corrected chi connectivity index (χ3v) is 4.81. The van der Waals surface area contributed by atoms with Gasteiger partial charge in [0.15, 0.2) is 0 Å². The molecule has 4 heteroatoms. The average Bonchev–Trinajstić information content (AvgIpc) is 2.73. The molecule has 4 nitrogen and oxygen atoms in total. The Hall–Kier alpha value is -1.68. The molecule has 1 aliphatic heterocycles. The lowest BCUT2D eigenvalue weighted by molar-refractivity contribution is -0.140. The first-order valence-corrected chi connectivity index (χ1v) is 8.46. The van der Waals surface area contributed by atoms with Gasteiger partial charge >= 0.3 is 0 Å². The maximum Gasteiger partial charge on any atom is 0.233 e. The van der Waals surface area contributed by atoms with Crippen molar-refractivity contribution >= 4 is 11.8 Å². The fourth-order valence-corrected chi connectivity index (χ4v) is 3.31. The van der Waals surface area contributed by atoms with Crippen LogP contribution in [-0.2, 0) is 9.59 Å². The fraction of sp³-hybridized carbons (Fsp3) is 0.579. The van der Waals surface area contributed by atoms with Gasteiger partial charge in [0, 0.05) is 12.5 Å².